The Morgan fingerprint density at radius 1 is 1.42 bits per heavy atom. The van der Waals surface area contributed by atoms with Crippen LogP contribution in [0.5, 0.6) is 11.5 Å². The zero-order chi connectivity index (χ0) is 13.8. The van der Waals surface area contributed by atoms with E-state index in [2.05, 4.69) is 5.32 Å². The van der Waals surface area contributed by atoms with Crippen molar-refractivity contribution >= 4 is 5.91 Å². The largest absolute Gasteiger partial charge is 0.504 e. The van der Waals surface area contributed by atoms with Crippen molar-refractivity contribution in [2.24, 2.45) is 0 Å². The van der Waals surface area contributed by atoms with E-state index >= 15 is 0 Å². The van der Waals surface area contributed by atoms with Crippen LogP contribution >= 0.6 is 0 Å². The Hall–Kier alpha value is -1.75. The fourth-order valence-corrected chi connectivity index (χ4v) is 2.40. The Kier molecular flexibility index (Phi) is 4.27. The molecule has 19 heavy (non-hydrogen) atoms. The SMILES string of the molecule is CN(CC1CCCCN1)C(=O)c1cccc(O)c1O. The Balaban J connectivity index is 2.03. The Labute approximate surface area is 112 Å². The first-order valence-electron chi connectivity index (χ1n) is 6.59. The average Bonchev–Trinajstić information content (AvgIpc) is 2.42. The van der Waals surface area contributed by atoms with Gasteiger partial charge in [-0.1, -0.05) is 12.5 Å². The topological polar surface area (TPSA) is 72.8 Å². The molecule has 1 unspecified atom stereocenters. The lowest BCUT2D eigenvalue weighted by Crippen LogP contribution is -2.44. The minimum atomic E-state index is -0.351. The van der Waals surface area contributed by atoms with Gasteiger partial charge in [0.1, 0.15) is 0 Å². The molecule has 1 aliphatic heterocycles. The number of carbonyl (C=O) groups is 1. The highest BCUT2D eigenvalue weighted by Crippen LogP contribution is 2.29. The van der Waals surface area contributed by atoms with Gasteiger partial charge >= 0.3 is 0 Å². The number of hydrogen-bond acceptors (Lipinski definition) is 4. The number of piperidine rings is 1. The molecule has 1 saturated heterocycles. The van der Waals surface area contributed by atoms with Crippen LogP contribution in [0, 0.1) is 0 Å². The van der Waals surface area contributed by atoms with Crippen LogP contribution in [0.3, 0.4) is 0 Å². The van der Waals surface area contributed by atoms with E-state index in [4.69, 9.17) is 0 Å². The maximum atomic E-state index is 12.2. The number of nitrogens with zero attached hydrogens (tertiary/aromatic N) is 1. The first kappa shape index (κ1) is 13.7. The number of amides is 1. The Morgan fingerprint density at radius 2 is 2.21 bits per heavy atom. The summed E-state index contributed by atoms with van der Waals surface area (Å²) < 4.78 is 0. The van der Waals surface area contributed by atoms with Gasteiger partial charge in [0.15, 0.2) is 11.5 Å². The number of rotatable bonds is 3. The fourth-order valence-electron chi connectivity index (χ4n) is 2.40. The van der Waals surface area contributed by atoms with Crippen LogP contribution in [-0.2, 0) is 0 Å². The molecule has 1 aliphatic rings. The van der Waals surface area contributed by atoms with Crippen LogP contribution in [0.4, 0.5) is 0 Å². The van der Waals surface area contributed by atoms with Crippen LogP contribution < -0.4 is 5.32 Å². The quantitative estimate of drug-likeness (QED) is 0.720. The lowest BCUT2D eigenvalue weighted by molar-refractivity contribution is 0.0771. The van der Waals surface area contributed by atoms with Gasteiger partial charge in [0, 0.05) is 19.6 Å². The summed E-state index contributed by atoms with van der Waals surface area (Å²) in [4.78, 5) is 13.8. The molecular formula is C14H20N2O3. The van der Waals surface area contributed by atoms with Crippen molar-refractivity contribution in [3.63, 3.8) is 0 Å². The molecule has 1 atom stereocenters. The molecular weight excluding hydrogens is 244 g/mol. The third-order valence-electron chi connectivity index (χ3n) is 3.50. The zero-order valence-corrected chi connectivity index (χ0v) is 11.1. The molecule has 0 saturated carbocycles. The molecule has 0 spiro atoms. The molecule has 3 N–H and O–H groups in total. The number of para-hydroxylation sites is 1. The molecule has 0 bridgehead atoms. The predicted molar refractivity (Wildman–Crippen MR) is 72.4 cm³/mol. The number of hydrogen-bond donors (Lipinski definition) is 3. The lowest BCUT2D eigenvalue weighted by Gasteiger charge is -2.28. The first-order valence-corrected chi connectivity index (χ1v) is 6.59. The second kappa shape index (κ2) is 5.93. The molecule has 5 heteroatoms. The maximum absolute atomic E-state index is 12.2. The van der Waals surface area contributed by atoms with Crippen molar-refractivity contribution in [2.75, 3.05) is 20.1 Å². The minimum Gasteiger partial charge on any atom is -0.504 e. The zero-order valence-electron chi connectivity index (χ0n) is 11.1. The van der Waals surface area contributed by atoms with Gasteiger partial charge in [-0.05, 0) is 31.5 Å². The molecule has 1 aromatic carbocycles. The monoisotopic (exact) mass is 264 g/mol. The summed E-state index contributed by atoms with van der Waals surface area (Å²) in [5, 5.41) is 22.5. The highest BCUT2D eigenvalue weighted by atomic mass is 16.3. The second-order valence-corrected chi connectivity index (χ2v) is 5.01. The summed E-state index contributed by atoms with van der Waals surface area (Å²) in [6.07, 6.45) is 3.42. The van der Waals surface area contributed by atoms with Gasteiger partial charge in [0.25, 0.3) is 5.91 Å². The molecule has 1 heterocycles. The molecule has 2 rings (SSSR count). The molecule has 1 amide bonds. The van der Waals surface area contributed by atoms with Crippen molar-refractivity contribution in [3.8, 4) is 11.5 Å². The fraction of sp³-hybridized carbons (Fsp3) is 0.500. The summed E-state index contributed by atoms with van der Waals surface area (Å²) in [5.74, 6) is -0.897. The molecule has 0 radical (unpaired) electrons. The highest BCUT2D eigenvalue weighted by molar-refractivity contribution is 5.97. The van der Waals surface area contributed by atoms with Crippen LogP contribution in [0.25, 0.3) is 0 Å². The van der Waals surface area contributed by atoms with Crippen LogP contribution in [0.15, 0.2) is 18.2 Å². The minimum absolute atomic E-state index is 0.137. The van der Waals surface area contributed by atoms with Crippen molar-refractivity contribution < 1.29 is 15.0 Å². The predicted octanol–water partition coefficient (Wildman–Crippen LogP) is 1.31. The van der Waals surface area contributed by atoms with Crippen molar-refractivity contribution in [3.05, 3.63) is 23.8 Å². The average molecular weight is 264 g/mol. The van der Waals surface area contributed by atoms with E-state index in [-0.39, 0.29) is 23.0 Å². The molecule has 5 nitrogen and oxygen atoms in total. The first-order chi connectivity index (χ1) is 9.09. The highest BCUT2D eigenvalue weighted by Gasteiger charge is 2.21. The summed E-state index contributed by atoms with van der Waals surface area (Å²) in [6, 6.07) is 4.73. The molecule has 0 aliphatic carbocycles. The van der Waals surface area contributed by atoms with E-state index in [1.807, 2.05) is 0 Å². The standard InChI is InChI=1S/C14H20N2O3/c1-16(9-10-5-2-3-8-15-10)14(19)11-6-4-7-12(17)13(11)18/h4,6-7,10,15,17-18H,2-3,5,8-9H2,1H3. The van der Waals surface area contributed by atoms with E-state index < -0.39 is 0 Å². The van der Waals surface area contributed by atoms with E-state index in [1.165, 1.54) is 25.0 Å². The van der Waals surface area contributed by atoms with Crippen LogP contribution in [0.1, 0.15) is 29.6 Å². The third kappa shape index (κ3) is 3.17. The summed E-state index contributed by atoms with van der Waals surface area (Å²) in [7, 11) is 1.71. The number of nitrogens with one attached hydrogen (secondary N) is 1. The van der Waals surface area contributed by atoms with E-state index in [9.17, 15) is 15.0 Å². The van der Waals surface area contributed by atoms with Gasteiger partial charge in [-0.3, -0.25) is 4.79 Å². The maximum Gasteiger partial charge on any atom is 0.257 e. The lowest BCUT2D eigenvalue weighted by atomic mass is 10.0. The van der Waals surface area contributed by atoms with Crippen molar-refractivity contribution in [1.82, 2.24) is 10.2 Å². The van der Waals surface area contributed by atoms with Gasteiger partial charge in [0.05, 0.1) is 5.56 Å². The number of benzene rings is 1. The van der Waals surface area contributed by atoms with E-state index in [0.29, 0.717) is 12.6 Å². The van der Waals surface area contributed by atoms with Crippen LogP contribution in [0.2, 0.25) is 0 Å². The summed E-state index contributed by atoms with van der Waals surface area (Å²) >= 11 is 0. The Bertz CT molecular complexity index is 456. The van der Waals surface area contributed by atoms with Crippen molar-refractivity contribution in [1.29, 1.82) is 0 Å². The second-order valence-electron chi connectivity index (χ2n) is 5.01. The smallest absolute Gasteiger partial charge is 0.257 e. The summed E-state index contributed by atoms with van der Waals surface area (Å²) in [5.41, 5.74) is 0.137. The van der Waals surface area contributed by atoms with Gasteiger partial charge in [-0.25, -0.2) is 0 Å². The summed E-state index contributed by atoms with van der Waals surface area (Å²) in [6.45, 7) is 1.60. The Morgan fingerprint density at radius 3 is 2.89 bits per heavy atom. The van der Waals surface area contributed by atoms with Crippen molar-refractivity contribution in [2.45, 2.75) is 25.3 Å². The normalized spacial score (nSPS) is 19.1. The molecule has 1 fully saturated rings. The third-order valence-corrected chi connectivity index (χ3v) is 3.50. The van der Waals surface area contributed by atoms with Gasteiger partial charge in [0.2, 0.25) is 0 Å². The molecule has 0 aromatic heterocycles. The van der Waals surface area contributed by atoms with Gasteiger partial charge < -0.3 is 20.4 Å². The van der Waals surface area contributed by atoms with Crippen LogP contribution in [-0.4, -0.2) is 47.2 Å². The van der Waals surface area contributed by atoms with E-state index in [1.54, 1.807) is 18.0 Å². The number of aromatic hydroxyl groups is 2. The molecule has 1 aromatic rings. The number of likely N-dealkylation sites (N-methyl/N-ethyl adjacent to an activating group) is 1. The number of phenolic OH excluding ortho intramolecular Hbond substituents is 2. The van der Waals surface area contributed by atoms with Gasteiger partial charge in [-0.15, -0.1) is 0 Å². The molecule has 104 valence electrons. The number of phenols is 2. The van der Waals surface area contributed by atoms with E-state index in [0.717, 1.165) is 13.0 Å². The number of carbonyl (C=O) groups excluding carboxylic acids is 1. The van der Waals surface area contributed by atoms with Gasteiger partial charge in [-0.2, -0.15) is 0 Å².